The lowest BCUT2D eigenvalue weighted by Crippen LogP contribution is -2.30. The van der Waals surface area contributed by atoms with Crippen LogP contribution < -0.4 is 5.32 Å². The van der Waals surface area contributed by atoms with Gasteiger partial charge in [0.2, 0.25) is 0 Å². The van der Waals surface area contributed by atoms with Gasteiger partial charge in [0.25, 0.3) is 5.91 Å². The lowest BCUT2D eigenvalue weighted by atomic mass is 10.3. The number of hydrogen-bond acceptors (Lipinski definition) is 3. The molecule has 0 aliphatic carbocycles. The Labute approximate surface area is 115 Å². The van der Waals surface area contributed by atoms with Crippen LogP contribution >= 0.6 is 23.8 Å². The molecule has 0 saturated carbocycles. The Bertz CT molecular complexity index is 537. The predicted molar refractivity (Wildman–Crippen MR) is 74.0 cm³/mol. The Morgan fingerprint density at radius 1 is 1.50 bits per heavy atom. The van der Waals surface area contributed by atoms with Crippen LogP contribution in [0.1, 0.15) is 19.5 Å². The molecule has 1 amide bonds. The summed E-state index contributed by atoms with van der Waals surface area (Å²) in [5.74, 6) is -0.149. The number of hydrogen-bond donors (Lipinski definition) is 1. The van der Waals surface area contributed by atoms with Crippen molar-refractivity contribution in [2.24, 2.45) is 0 Å². The topological polar surface area (TPSA) is 50.2 Å². The van der Waals surface area contributed by atoms with E-state index in [0.29, 0.717) is 28.1 Å². The van der Waals surface area contributed by atoms with Gasteiger partial charge in [-0.3, -0.25) is 14.4 Å². The summed E-state index contributed by atoms with van der Waals surface area (Å²) in [7, 11) is 0. The van der Waals surface area contributed by atoms with Crippen LogP contribution in [0.4, 0.5) is 0 Å². The fraction of sp³-hybridized carbons (Fsp3) is 0.364. The Hall–Kier alpha value is -1.40. The molecule has 1 aromatic rings. The number of carbonyl (C=O) groups is 1. The Morgan fingerprint density at radius 2 is 2.22 bits per heavy atom. The van der Waals surface area contributed by atoms with Crippen molar-refractivity contribution in [3.05, 3.63) is 22.6 Å². The number of halogens is 1. The van der Waals surface area contributed by atoms with Gasteiger partial charge in [0.1, 0.15) is 11.4 Å². The average molecular weight is 285 g/mol. The van der Waals surface area contributed by atoms with E-state index < -0.39 is 0 Å². The summed E-state index contributed by atoms with van der Waals surface area (Å²) in [6.07, 6.45) is 3.35. The second-order valence-electron chi connectivity index (χ2n) is 3.76. The number of carbonyl (C=O) groups excluding carboxylic acids is 1. The van der Waals surface area contributed by atoms with Crippen molar-refractivity contribution in [1.82, 2.24) is 20.0 Å². The molecule has 96 valence electrons. The van der Waals surface area contributed by atoms with E-state index >= 15 is 0 Å². The van der Waals surface area contributed by atoms with Gasteiger partial charge in [-0.1, -0.05) is 11.6 Å². The third-order valence-electron chi connectivity index (χ3n) is 2.63. The normalized spacial score (nSPS) is 17.7. The average Bonchev–Trinajstić information content (AvgIpc) is 2.82. The van der Waals surface area contributed by atoms with Gasteiger partial charge in [0, 0.05) is 19.3 Å². The first-order valence-corrected chi connectivity index (χ1v) is 6.43. The van der Waals surface area contributed by atoms with Crippen LogP contribution in [0.15, 0.2) is 11.9 Å². The zero-order chi connectivity index (χ0) is 13.3. The monoisotopic (exact) mass is 284 g/mol. The summed E-state index contributed by atoms with van der Waals surface area (Å²) in [6.45, 7) is 5.10. The molecule has 0 radical (unpaired) electrons. The van der Waals surface area contributed by atoms with Gasteiger partial charge >= 0.3 is 0 Å². The first kappa shape index (κ1) is 13.0. The van der Waals surface area contributed by atoms with E-state index in [1.165, 1.54) is 4.90 Å². The number of amides is 1. The lowest BCUT2D eigenvalue weighted by Gasteiger charge is -2.08. The molecule has 18 heavy (non-hydrogen) atoms. The number of aryl methyl sites for hydroxylation is 1. The quantitative estimate of drug-likeness (QED) is 0.677. The summed E-state index contributed by atoms with van der Waals surface area (Å²) < 4.78 is 1.71. The molecule has 5 nitrogen and oxygen atoms in total. The van der Waals surface area contributed by atoms with E-state index in [4.69, 9.17) is 23.8 Å². The minimum Gasteiger partial charge on any atom is -0.328 e. The van der Waals surface area contributed by atoms with Gasteiger partial charge in [-0.05, 0) is 32.1 Å². The molecule has 0 spiro atoms. The first-order chi connectivity index (χ1) is 8.56. The van der Waals surface area contributed by atoms with Crippen LogP contribution in [0.3, 0.4) is 0 Å². The second-order valence-corrected chi connectivity index (χ2v) is 4.55. The fourth-order valence-electron chi connectivity index (χ4n) is 1.67. The molecule has 1 aliphatic rings. The molecule has 2 heterocycles. The van der Waals surface area contributed by atoms with Crippen molar-refractivity contribution < 1.29 is 4.79 Å². The first-order valence-electron chi connectivity index (χ1n) is 5.64. The van der Waals surface area contributed by atoms with Crippen molar-refractivity contribution >= 4 is 40.9 Å². The summed E-state index contributed by atoms with van der Waals surface area (Å²) >= 11 is 11.1. The van der Waals surface area contributed by atoms with Crippen LogP contribution in [-0.4, -0.2) is 32.2 Å². The van der Waals surface area contributed by atoms with Crippen molar-refractivity contribution in [3.63, 3.8) is 0 Å². The largest absolute Gasteiger partial charge is 0.328 e. The maximum absolute atomic E-state index is 12.0. The van der Waals surface area contributed by atoms with E-state index in [1.54, 1.807) is 17.0 Å². The highest BCUT2D eigenvalue weighted by Gasteiger charge is 2.29. The molecule has 1 fully saturated rings. The number of thiocarbonyl (C=S) groups is 1. The molecule has 1 saturated heterocycles. The lowest BCUT2D eigenvalue weighted by molar-refractivity contribution is -0.122. The number of likely N-dealkylation sites (N-methyl/N-ethyl adjacent to an activating group) is 1. The van der Waals surface area contributed by atoms with Gasteiger partial charge in [-0.25, -0.2) is 0 Å². The molecule has 0 unspecified atom stereocenters. The second kappa shape index (κ2) is 5.07. The number of aromatic nitrogens is 2. The third-order valence-corrected chi connectivity index (χ3v) is 3.24. The highest BCUT2D eigenvalue weighted by molar-refractivity contribution is 7.80. The summed E-state index contributed by atoms with van der Waals surface area (Å²) in [5.41, 5.74) is 0.972. The Morgan fingerprint density at radius 3 is 2.72 bits per heavy atom. The Balaban J connectivity index is 2.31. The van der Waals surface area contributed by atoms with E-state index in [9.17, 15) is 4.79 Å². The smallest absolute Gasteiger partial charge is 0.276 e. The van der Waals surface area contributed by atoms with E-state index in [0.717, 1.165) is 6.54 Å². The van der Waals surface area contributed by atoms with Crippen LogP contribution in [-0.2, 0) is 11.3 Å². The third kappa shape index (κ3) is 2.26. The van der Waals surface area contributed by atoms with Gasteiger partial charge in [0.15, 0.2) is 5.11 Å². The molecule has 7 heteroatoms. The van der Waals surface area contributed by atoms with Crippen molar-refractivity contribution in [1.29, 1.82) is 0 Å². The minimum atomic E-state index is -0.149. The van der Waals surface area contributed by atoms with Crippen LogP contribution in [0.25, 0.3) is 6.08 Å². The van der Waals surface area contributed by atoms with Gasteiger partial charge in [0.05, 0.1) is 5.02 Å². The molecule has 0 aromatic carbocycles. The van der Waals surface area contributed by atoms with Crippen molar-refractivity contribution in [2.45, 2.75) is 20.4 Å². The van der Waals surface area contributed by atoms with E-state index in [2.05, 4.69) is 10.4 Å². The molecular formula is C11H13ClN4OS. The number of rotatable bonds is 3. The van der Waals surface area contributed by atoms with Crippen LogP contribution in [0.5, 0.6) is 0 Å². The minimum absolute atomic E-state index is 0.149. The highest BCUT2D eigenvalue weighted by atomic mass is 35.5. The van der Waals surface area contributed by atoms with Crippen LogP contribution in [0.2, 0.25) is 5.02 Å². The van der Waals surface area contributed by atoms with Gasteiger partial charge < -0.3 is 5.32 Å². The molecule has 0 bridgehead atoms. The molecule has 1 N–H and O–H groups in total. The zero-order valence-corrected chi connectivity index (χ0v) is 11.7. The maximum atomic E-state index is 12.0. The number of nitrogens with zero attached hydrogens (tertiary/aromatic N) is 3. The number of nitrogens with one attached hydrogen (secondary N) is 1. The SMILES string of the molecule is CCN1C(=O)/C(=C\c2nn(CC)cc2Cl)NC1=S. The van der Waals surface area contributed by atoms with Gasteiger partial charge in [-0.15, -0.1) is 0 Å². The fourth-order valence-corrected chi connectivity index (χ4v) is 2.19. The molecule has 1 aliphatic heterocycles. The summed E-state index contributed by atoms with van der Waals surface area (Å²) in [5, 5.41) is 8.06. The molecule has 0 atom stereocenters. The standard InChI is InChI=1S/C11H13ClN4OS/c1-3-15-6-7(12)8(14-15)5-9-10(17)16(4-2)11(18)13-9/h5-6H,3-4H2,1-2H3,(H,13,18)/b9-5+. The summed E-state index contributed by atoms with van der Waals surface area (Å²) in [4.78, 5) is 13.5. The van der Waals surface area contributed by atoms with E-state index in [1.807, 2.05) is 13.8 Å². The van der Waals surface area contributed by atoms with Crippen LogP contribution in [0, 0.1) is 0 Å². The maximum Gasteiger partial charge on any atom is 0.276 e. The van der Waals surface area contributed by atoms with E-state index in [-0.39, 0.29) is 5.91 Å². The zero-order valence-electron chi connectivity index (χ0n) is 10.1. The predicted octanol–water partition coefficient (Wildman–Crippen LogP) is 1.63. The van der Waals surface area contributed by atoms with Crippen molar-refractivity contribution in [2.75, 3.05) is 6.54 Å². The van der Waals surface area contributed by atoms with Gasteiger partial charge in [-0.2, -0.15) is 5.10 Å². The molecule has 2 rings (SSSR count). The molecule has 1 aromatic heterocycles. The highest BCUT2D eigenvalue weighted by Crippen LogP contribution is 2.19. The summed E-state index contributed by atoms with van der Waals surface area (Å²) in [6, 6.07) is 0. The molecular weight excluding hydrogens is 272 g/mol. The Kier molecular flexibility index (Phi) is 3.68. The van der Waals surface area contributed by atoms with Crippen molar-refractivity contribution in [3.8, 4) is 0 Å².